The van der Waals surface area contributed by atoms with Crippen LogP contribution in [-0.4, -0.2) is 46.9 Å². The first-order chi connectivity index (χ1) is 30.0. The number of allylic oxidation sites excluding steroid dienone is 12. The second-order valence-corrected chi connectivity index (χ2v) is 17.2. The lowest BCUT2D eigenvalue weighted by Gasteiger charge is -2.24. The van der Waals surface area contributed by atoms with Crippen LogP contribution >= 0.6 is 0 Å². The van der Waals surface area contributed by atoms with Gasteiger partial charge in [-0.25, -0.2) is 0 Å². The zero-order valence-electron chi connectivity index (χ0n) is 40.0. The van der Waals surface area contributed by atoms with E-state index >= 15 is 0 Å². The normalized spacial score (nSPS) is 13.9. The third-order valence-corrected chi connectivity index (χ3v) is 11.3. The molecule has 0 spiro atoms. The van der Waals surface area contributed by atoms with Gasteiger partial charge in [-0.3, -0.25) is 9.59 Å². The van der Waals surface area contributed by atoms with Gasteiger partial charge >= 0.3 is 5.97 Å². The SMILES string of the molecule is CC/C=C\C/C=C\C/C=C\C/C=C\C/C=C\CCCC(=O)OC(CCCCC/C=C\CCC)CC(=O)NC(CO)C(O)CCCCCCCCCCCCCCCCCCC. The lowest BCUT2D eigenvalue weighted by atomic mass is 10.0. The Bertz CT molecular complexity index is 1140. The fourth-order valence-electron chi connectivity index (χ4n) is 7.41. The Morgan fingerprint density at radius 1 is 0.492 bits per heavy atom. The van der Waals surface area contributed by atoms with Gasteiger partial charge < -0.3 is 20.3 Å². The minimum Gasteiger partial charge on any atom is -0.462 e. The highest BCUT2D eigenvalue weighted by molar-refractivity contribution is 5.77. The van der Waals surface area contributed by atoms with E-state index in [0.29, 0.717) is 25.7 Å². The predicted molar refractivity (Wildman–Crippen MR) is 264 cm³/mol. The molecular weight excluding hydrogens is 755 g/mol. The number of aliphatic hydroxyl groups excluding tert-OH is 2. The highest BCUT2D eigenvalue weighted by Crippen LogP contribution is 2.17. The highest BCUT2D eigenvalue weighted by Gasteiger charge is 2.24. The first-order valence-corrected chi connectivity index (χ1v) is 25.7. The molecular formula is C55H97NO5. The number of carbonyl (C=O) groups excluding carboxylic acids is 2. The Hall–Kier alpha value is -2.70. The fraction of sp³-hybridized carbons (Fsp3) is 0.745. The molecule has 0 heterocycles. The maximum Gasteiger partial charge on any atom is 0.306 e. The van der Waals surface area contributed by atoms with Gasteiger partial charge in [0.25, 0.3) is 0 Å². The van der Waals surface area contributed by atoms with E-state index in [1.54, 1.807) is 0 Å². The van der Waals surface area contributed by atoms with Crippen molar-refractivity contribution in [1.29, 1.82) is 0 Å². The van der Waals surface area contributed by atoms with Crippen LogP contribution in [0.25, 0.3) is 0 Å². The van der Waals surface area contributed by atoms with Crippen molar-refractivity contribution in [1.82, 2.24) is 5.32 Å². The molecule has 3 atom stereocenters. The largest absolute Gasteiger partial charge is 0.462 e. The topological polar surface area (TPSA) is 95.9 Å². The molecule has 0 aromatic carbocycles. The van der Waals surface area contributed by atoms with Gasteiger partial charge in [0.05, 0.1) is 25.2 Å². The fourth-order valence-corrected chi connectivity index (χ4v) is 7.41. The van der Waals surface area contributed by atoms with Crippen LogP contribution in [0.3, 0.4) is 0 Å². The first kappa shape index (κ1) is 58.3. The summed E-state index contributed by atoms with van der Waals surface area (Å²) in [6, 6.07) is -0.719. The summed E-state index contributed by atoms with van der Waals surface area (Å²) in [5, 5.41) is 23.7. The van der Waals surface area contributed by atoms with Gasteiger partial charge in [0.15, 0.2) is 0 Å². The molecule has 0 fully saturated rings. The van der Waals surface area contributed by atoms with Crippen LogP contribution in [0.5, 0.6) is 0 Å². The summed E-state index contributed by atoms with van der Waals surface area (Å²) in [7, 11) is 0. The van der Waals surface area contributed by atoms with Crippen LogP contribution in [0.1, 0.15) is 239 Å². The molecule has 0 aromatic rings. The van der Waals surface area contributed by atoms with Crippen molar-refractivity contribution in [2.24, 2.45) is 0 Å². The predicted octanol–water partition coefficient (Wildman–Crippen LogP) is 15.4. The van der Waals surface area contributed by atoms with E-state index < -0.39 is 18.2 Å². The third-order valence-electron chi connectivity index (χ3n) is 11.3. The summed E-state index contributed by atoms with van der Waals surface area (Å²) < 4.78 is 5.86. The quantitative estimate of drug-likeness (QED) is 0.0322. The average molecular weight is 852 g/mol. The number of unbranched alkanes of at least 4 members (excludes halogenated alkanes) is 21. The molecule has 0 radical (unpaired) electrons. The van der Waals surface area contributed by atoms with E-state index in [0.717, 1.165) is 96.3 Å². The standard InChI is InChI=1S/C55H97NO5/c1-4-7-10-13-16-19-21-23-25-27-29-31-33-35-38-41-44-47-53(58)52(50-57)56-54(59)49-51(46-43-40-37-18-15-12-9-6-3)61-55(60)48-45-42-39-36-34-32-30-28-26-24-22-20-17-14-11-8-5-2/h8,11-12,15,17,20,24,26,30,32,36,39,51-53,57-58H,4-7,9-10,13-14,16,18-19,21-23,25,27-29,31,33-35,37-38,40-50H2,1-3H3,(H,56,59)/b11-8-,15-12-,20-17-,26-24-,32-30-,39-36-. The van der Waals surface area contributed by atoms with Crippen LogP contribution in [-0.2, 0) is 14.3 Å². The molecule has 3 unspecified atom stereocenters. The molecule has 6 nitrogen and oxygen atoms in total. The second-order valence-electron chi connectivity index (χ2n) is 17.2. The van der Waals surface area contributed by atoms with Gasteiger partial charge in [0.2, 0.25) is 5.91 Å². The first-order valence-electron chi connectivity index (χ1n) is 25.7. The number of aliphatic hydroxyl groups is 2. The number of nitrogens with one attached hydrogen (secondary N) is 1. The Balaban J connectivity index is 4.48. The van der Waals surface area contributed by atoms with E-state index in [4.69, 9.17) is 4.74 Å². The van der Waals surface area contributed by atoms with Crippen molar-refractivity contribution in [3.8, 4) is 0 Å². The van der Waals surface area contributed by atoms with Crippen LogP contribution < -0.4 is 5.32 Å². The summed E-state index contributed by atoms with van der Waals surface area (Å²) in [5.74, 6) is -0.565. The molecule has 3 N–H and O–H groups in total. The summed E-state index contributed by atoms with van der Waals surface area (Å²) in [6.45, 7) is 6.28. The summed E-state index contributed by atoms with van der Waals surface area (Å²) >= 11 is 0. The molecule has 0 saturated heterocycles. The van der Waals surface area contributed by atoms with Gasteiger partial charge in [-0.1, -0.05) is 216 Å². The van der Waals surface area contributed by atoms with Gasteiger partial charge in [-0.15, -0.1) is 0 Å². The van der Waals surface area contributed by atoms with Crippen molar-refractivity contribution in [2.45, 2.75) is 257 Å². The van der Waals surface area contributed by atoms with Crippen molar-refractivity contribution >= 4 is 11.9 Å². The summed E-state index contributed by atoms with van der Waals surface area (Å²) in [5.41, 5.74) is 0. The minimum atomic E-state index is -0.803. The smallest absolute Gasteiger partial charge is 0.306 e. The molecule has 0 aliphatic heterocycles. The number of esters is 1. The zero-order chi connectivity index (χ0) is 44.5. The lowest BCUT2D eigenvalue weighted by Crippen LogP contribution is -2.46. The van der Waals surface area contributed by atoms with E-state index in [-0.39, 0.29) is 24.9 Å². The average Bonchev–Trinajstić information content (AvgIpc) is 3.25. The number of carbonyl (C=O) groups is 2. The third kappa shape index (κ3) is 43.7. The van der Waals surface area contributed by atoms with Gasteiger partial charge in [0.1, 0.15) is 6.10 Å². The summed E-state index contributed by atoms with van der Waals surface area (Å²) in [6.07, 6.45) is 61.2. The van der Waals surface area contributed by atoms with Crippen LogP contribution in [0, 0.1) is 0 Å². The van der Waals surface area contributed by atoms with E-state index in [1.165, 1.54) is 89.9 Å². The molecule has 0 aliphatic carbocycles. The van der Waals surface area contributed by atoms with Crippen molar-refractivity contribution in [3.05, 3.63) is 72.9 Å². The summed E-state index contributed by atoms with van der Waals surface area (Å²) in [4.78, 5) is 26.0. The van der Waals surface area contributed by atoms with Crippen LogP contribution in [0.4, 0.5) is 0 Å². The Kier molecular flexibility index (Phi) is 46.2. The molecule has 6 heteroatoms. The Morgan fingerprint density at radius 3 is 1.43 bits per heavy atom. The molecule has 1 amide bonds. The van der Waals surface area contributed by atoms with E-state index in [2.05, 4.69) is 99.0 Å². The lowest BCUT2D eigenvalue weighted by molar-refractivity contribution is -0.151. The van der Waals surface area contributed by atoms with Crippen molar-refractivity contribution < 1.29 is 24.5 Å². The molecule has 0 aliphatic rings. The van der Waals surface area contributed by atoms with Crippen molar-refractivity contribution in [3.63, 3.8) is 0 Å². The monoisotopic (exact) mass is 852 g/mol. The van der Waals surface area contributed by atoms with E-state index in [1.807, 2.05) is 0 Å². The number of rotatable bonds is 45. The van der Waals surface area contributed by atoms with Crippen LogP contribution in [0.2, 0.25) is 0 Å². The zero-order valence-corrected chi connectivity index (χ0v) is 40.0. The number of ether oxygens (including phenoxy) is 1. The number of hydrogen-bond acceptors (Lipinski definition) is 5. The molecule has 0 saturated carbocycles. The maximum atomic E-state index is 13.1. The van der Waals surface area contributed by atoms with Gasteiger partial charge in [-0.2, -0.15) is 0 Å². The Labute approximate surface area is 377 Å². The second kappa shape index (κ2) is 48.3. The van der Waals surface area contributed by atoms with Gasteiger partial charge in [0, 0.05) is 6.42 Å². The van der Waals surface area contributed by atoms with Crippen molar-refractivity contribution in [2.75, 3.05) is 6.61 Å². The highest BCUT2D eigenvalue weighted by atomic mass is 16.5. The van der Waals surface area contributed by atoms with Gasteiger partial charge in [-0.05, 0) is 83.5 Å². The van der Waals surface area contributed by atoms with E-state index in [9.17, 15) is 19.8 Å². The minimum absolute atomic E-state index is 0.0409. The van der Waals surface area contributed by atoms with Crippen LogP contribution in [0.15, 0.2) is 72.9 Å². The molecule has 352 valence electrons. The maximum absolute atomic E-state index is 13.1. The number of amides is 1. The molecule has 0 aromatic heterocycles. The molecule has 0 bridgehead atoms. The number of hydrogen-bond donors (Lipinski definition) is 3. The Morgan fingerprint density at radius 2 is 0.918 bits per heavy atom. The molecule has 0 rings (SSSR count). The molecule has 61 heavy (non-hydrogen) atoms.